The monoisotopic (exact) mass is 427 g/mol. The molecule has 2 amide bonds. The van der Waals surface area contributed by atoms with Crippen LogP contribution in [0.4, 0.5) is 5.69 Å². The molecule has 2 aliphatic rings. The third-order valence-corrected chi connectivity index (χ3v) is 5.45. The lowest BCUT2D eigenvalue weighted by Crippen LogP contribution is -2.52. The van der Waals surface area contributed by atoms with Crippen molar-refractivity contribution in [2.75, 3.05) is 44.9 Å². The van der Waals surface area contributed by atoms with E-state index in [1.54, 1.807) is 35.7 Å². The number of methoxy groups -OCH3 is 1. The summed E-state index contributed by atoms with van der Waals surface area (Å²) in [6.45, 7) is 2.96. The Hall–Kier alpha value is -3.30. The summed E-state index contributed by atoms with van der Waals surface area (Å²) in [7, 11) is 1.61. The first-order chi connectivity index (χ1) is 15.1. The standard InChI is InChI=1S/C22H25N3O6/c1-29-17-5-2-15(3-6-17)13-25-14-20(22(27)24-8-10-30-11-9-24)31-19-7-4-16(12-18(19)25)21(26)23-28/h2-7,12,20,28H,8-11,13-14H2,1H3,(H,23,26). The van der Waals surface area contributed by atoms with Crippen molar-refractivity contribution in [2.24, 2.45) is 0 Å². The molecular formula is C22H25N3O6. The number of rotatable bonds is 5. The number of hydroxylamine groups is 1. The van der Waals surface area contributed by atoms with Crippen molar-refractivity contribution in [2.45, 2.75) is 12.6 Å². The molecule has 164 valence electrons. The first-order valence-electron chi connectivity index (χ1n) is 10.1. The fourth-order valence-electron chi connectivity index (χ4n) is 3.78. The number of nitrogens with one attached hydrogen (secondary N) is 1. The van der Waals surface area contributed by atoms with Crippen LogP contribution in [0, 0.1) is 0 Å². The molecule has 0 aliphatic carbocycles. The summed E-state index contributed by atoms with van der Waals surface area (Å²) in [4.78, 5) is 28.8. The number of anilines is 1. The number of hydrogen-bond donors (Lipinski definition) is 2. The van der Waals surface area contributed by atoms with E-state index in [1.807, 2.05) is 29.2 Å². The van der Waals surface area contributed by atoms with E-state index < -0.39 is 12.0 Å². The number of ether oxygens (including phenoxy) is 3. The van der Waals surface area contributed by atoms with E-state index in [0.29, 0.717) is 56.4 Å². The number of hydrogen-bond acceptors (Lipinski definition) is 7. The highest BCUT2D eigenvalue weighted by Crippen LogP contribution is 2.36. The van der Waals surface area contributed by atoms with Gasteiger partial charge in [0.2, 0.25) is 0 Å². The van der Waals surface area contributed by atoms with Crippen molar-refractivity contribution >= 4 is 17.5 Å². The first kappa shape index (κ1) is 21.0. The molecule has 2 aliphatic heterocycles. The van der Waals surface area contributed by atoms with Gasteiger partial charge in [0, 0.05) is 25.2 Å². The zero-order valence-corrected chi connectivity index (χ0v) is 17.2. The van der Waals surface area contributed by atoms with Crippen LogP contribution in [0.15, 0.2) is 42.5 Å². The Morgan fingerprint density at radius 1 is 1.16 bits per heavy atom. The summed E-state index contributed by atoms with van der Waals surface area (Å²) in [6.07, 6.45) is -0.665. The fourth-order valence-corrected chi connectivity index (χ4v) is 3.78. The molecule has 0 spiro atoms. The van der Waals surface area contributed by atoms with E-state index in [0.717, 1.165) is 11.3 Å². The van der Waals surface area contributed by atoms with Gasteiger partial charge in [-0.05, 0) is 35.9 Å². The zero-order valence-electron chi connectivity index (χ0n) is 17.2. The average Bonchev–Trinajstić information content (AvgIpc) is 2.83. The van der Waals surface area contributed by atoms with Crippen molar-refractivity contribution in [1.29, 1.82) is 0 Å². The van der Waals surface area contributed by atoms with Gasteiger partial charge in [0.1, 0.15) is 11.5 Å². The van der Waals surface area contributed by atoms with E-state index >= 15 is 0 Å². The van der Waals surface area contributed by atoms with Crippen LogP contribution in [0.2, 0.25) is 0 Å². The van der Waals surface area contributed by atoms with Gasteiger partial charge in [0.25, 0.3) is 11.8 Å². The van der Waals surface area contributed by atoms with Gasteiger partial charge in [-0.2, -0.15) is 0 Å². The fraction of sp³-hybridized carbons (Fsp3) is 0.364. The predicted octanol–water partition coefficient (Wildman–Crippen LogP) is 1.44. The van der Waals surface area contributed by atoms with Crippen molar-refractivity contribution in [3.63, 3.8) is 0 Å². The van der Waals surface area contributed by atoms with Gasteiger partial charge in [-0.15, -0.1) is 0 Å². The quantitative estimate of drug-likeness (QED) is 0.550. The lowest BCUT2D eigenvalue weighted by atomic mass is 10.1. The van der Waals surface area contributed by atoms with Crippen molar-refractivity contribution in [1.82, 2.24) is 10.4 Å². The molecule has 1 atom stereocenters. The topological polar surface area (TPSA) is 101 Å². The van der Waals surface area contributed by atoms with Gasteiger partial charge >= 0.3 is 0 Å². The Bertz CT molecular complexity index is 943. The van der Waals surface area contributed by atoms with E-state index in [1.165, 1.54) is 0 Å². The van der Waals surface area contributed by atoms with Crippen LogP contribution in [0.3, 0.4) is 0 Å². The Kier molecular flexibility index (Phi) is 6.24. The average molecular weight is 427 g/mol. The third-order valence-electron chi connectivity index (χ3n) is 5.45. The van der Waals surface area contributed by atoms with Gasteiger partial charge in [0.05, 0.1) is 32.6 Å². The maximum absolute atomic E-state index is 13.1. The van der Waals surface area contributed by atoms with E-state index in [-0.39, 0.29) is 5.91 Å². The molecule has 2 aromatic rings. The van der Waals surface area contributed by atoms with Crippen LogP contribution < -0.4 is 19.9 Å². The number of carbonyl (C=O) groups excluding carboxylic acids is 2. The van der Waals surface area contributed by atoms with Crippen LogP contribution in [-0.2, 0) is 16.1 Å². The molecule has 1 unspecified atom stereocenters. The Balaban J connectivity index is 1.62. The Labute approximate surface area is 180 Å². The molecule has 0 saturated carbocycles. The van der Waals surface area contributed by atoms with Crippen LogP contribution in [-0.4, -0.2) is 68.0 Å². The van der Waals surface area contributed by atoms with Crippen LogP contribution >= 0.6 is 0 Å². The second-order valence-corrected chi connectivity index (χ2v) is 7.40. The second kappa shape index (κ2) is 9.23. The molecular weight excluding hydrogens is 402 g/mol. The lowest BCUT2D eigenvalue weighted by molar-refractivity contribution is -0.142. The molecule has 2 heterocycles. The van der Waals surface area contributed by atoms with Crippen LogP contribution in [0.5, 0.6) is 11.5 Å². The van der Waals surface area contributed by atoms with Crippen LogP contribution in [0.1, 0.15) is 15.9 Å². The summed E-state index contributed by atoms with van der Waals surface area (Å²) in [6, 6.07) is 12.5. The minimum absolute atomic E-state index is 0.0779. The number of amides is 2. The minimum Gasteiger partial charge on any atom is -0.497 e. The molecule has 1 saturated heterocycles. The largest absolute Gasteiger partial charge is 0.497 e. The Morgan fingerprint density at radius 3 is 2.58 bits per heavy atom. The molecule has 1 fully saturated rings. The zero-order chi connectivity index (χ0) is 21.8. The van der Waals surface area contributed by atoms with Gasteiger partial charge in [-0.25, -0.2) is 5.48 Å². The van der Waals surface area contributed by atoms with Crippen molar-refractivity contribution < 1.29 is 29.0 Å². The summed E-state index contributed by atoms with van der Waals surface area (Å²) in [5, 5.41) is 8.99. The molecule has 9 nitrogen and oxygen atoms in total. The summed E-state index contributed by atoms with van der Waals surface area (Å²) in [5.74, 6) is 0.582. The number of benzene rings is 2. The number of fused-ring (bicyclic) bond motifs is 1. The highest BCUT2D eigenvalue weighted by atomic mass is 16.5. The second-order valence-electron chi connectivity index (χ2n) is 7.40. The molecule has 2 N–H and O–H groups in total. The third kappa shape index (κ3) is 4.57. The highest BCUT2D eigenvalue weighted by Gasteiger charge is 2.34. The molecule has 9 heteroatoms. The molecule has 4 rings (SSSR count). The Morgan fingerprint density at radius 2 is 1.90 bits per heavy atom. The molecule has 0 bridgehead atoms. The number of nitrogens with zero attached hydrogens (tertiary/aromatic N) is 2. The molecule has 31 heavy (non-hydrogen) atoms. The maximum Gasteiger partial charge on any atom is 0.274 e. The summed E-state index contributed by atoms with van der Waals surface area (Å²) >= 11 is 0. The van der Waals surface area contributed by atoms with E-state index in [2.05, 4.69) is 0 Å². The highest BCUT2D eigenvalue weighted by molar-refractivity contribution is 5.95. The van der Waals surface area contributed by atoms with Crippen LogP contribution in [0.25, 0.3) is 0 Å². The first-order valence-corrected chi connectivity index (χ1v) is 10.1. The lowest BCUT2D eigenvalue weighted by Gasteiger charge is -2.38. The summed E-state index contributed by atoms with van der Waals surface area (Å²) < 4.78 is 16.6. The molecule has 0 radical (unpaired) electrons. The molecule has 2 aromatic carbocycles. The molecule has 0 aromatic heterocycles. The van der Waals surface area contributed by atoms with Gasteiger partial charge < -0.3 is 24.0 Å². The van der Waals surface area contributed by atoms with Gasteiger partial charge in [-0.1, -0.05) is 12.1 Å². The smallest absolute Gasteiger partial charge is 0.274 e. The summed E-state index contributed by atoms with van der Waals surface area (Å²) in [5.41, 5.74) is 3.64. The van der Waals surface area contributed by atoms with E-state index in [4.69, 9.17) is 19.4 Å². The van der Waals surface area contributed by atoms with Gasteiger partial charge in [0.15, 0.2) is 6.10 Å². The number of carbonyl (C=O) groups is 2. The maximum atomic E-state index is 13.1. The van der Waals surface area contributed by atoms with Gasteiger partial charge in [-0.3, -0.25) is 14.8 Å². The predicted molar refractivity (Wildman–Crippen MR) is 112 cm³/mol. The van der Waals surface area contributed by atoms with Crippen molar-refractivity contribution in [3.8, 4) is 11.5 Å². The SMILES string of the molecule is COc1ccc(CN2CC(C(=O)N3CCOCC3)Oc3ccc(C(=O)NO)cc32)cc1. The van der Waals surface area contributed by atoms with Crippen molar-refractivity contribution in [3.05, 3.63) is 53.6 Å². The minimum atomic E-state index is -0.665. The van der Waals surface area contributed by atoms with E-state index in [9.17, 15) is 9.59 Å². The number of morpholine rings is 1. The normalized spacial score (nSPS) is 18.1.